The minimum Gasteiger partial charge on any atom is -0.444 e. The zero-order valence-electron chi connectivity index (χ0n) is 12.1. The Bertz CT molecular complexity index is 554. The molecule has 106 valence electrons. The zero-order chi connectivity index (χ0) is 14.5. The van der Waals surface area contributed by atoms with Crippen molar-refractivity contribution in [3.8, 4) is 0 Å². The van der Waals surface area contributed by atoms with Crippen LogP contribution in [-0.2, 0) is 20.7 Å². The van der Waals surface area contributed by atoms with Gasteiger partial charge in [0.2, 0.25) is 0 Å². The van der Waals surface area contributed by atoms with E-state index >= 15 is 0 Å². The smallest absolute Gasteiger partial charge is 0.444 e. The number of benzene rings is 1. The predicted octanol–water partition coefficient (Wildman–Crippen LogP) is 2.05. The molecular weight excluding hydrogens is 257 g/mol. The largest absolute Gasteiger partial charge is 0.496 e. The van der Waals surface area contributed by atoms with Gasteiger partial charge in [0.05, 0.1) is 16.9 Å². The lowest BCUT2D eigenvalue weighted by molar-refractivity contribution is 0.00578. The molecule has 2 heterocycles. The SMILES string of the molecule is CC1(C)OB(c2cccc3c2NC(=O)OC3)OC1(C)C. The maximum Gasteiger partial charge on any atom is 0.496 e. The van der Waals surface area contributed by atoms with Crippen LogP contribution in [0.3, 0.4) is 0 Å². The van der Waals surface area contributed by atoms with Crippen molar-refractivity contribution in [3.63, 3.8) is 0 Å². The average Bonchev–Trinajstić information content (AvgIpc) is 2.57. The lowest BCUT2D eigenvalue weighted by Crippen LogP contribution is -2.41. The van der Waals surface area contributed by atoms with Crippen molar-refractivity contribution in [2.24, 2.45) is 0 Å². The van der Waals surface area contributed by atoms with E-state index in [0.717, 1.165) is 16.7 Å². The molecule has 20 heavy (non-hydrogen) atoms. The molecule has 0 unspecified atom stereocenters. The van der Waals surface area contributed by atoms with E-state index in [0.29, 0.717) is 0 Å². The number of anilines is 1. The molecule has 0 radical (unpaired) electrons. The minimum atomic E-state index is -0.492. The lowest BCUT2D eigenvalue weighted by atomic mass is 9.76. The maximum atomic E-state index is 11.4. The molecule has 1 aromatic carbocycles. The number of cyclic esters (lactones) is 1. The van der Waals surface area contributed by atoms with Gasteiger partial charge in [-0.15, -0.1) is 0 Å². The summed E-state index contributed by atoms with van der Waals surface area (Å²) in [4.78, 5) is 11.4. The Labute approximate surface area is 118 Å². The molecule has 0 saturated carbocycles. The van der Waals surface area contributed by atoms with Crippen LogP contribution in [0.4, 0.5) is 10.5 Å². The number of amides is 1. The van der Waals surface area contributed by atoms with Gasteiger partial charge in [-0.05, 0) is 27.7 Å². The van der Waals surface area contributed by atoms with E-state index in [9.17, 15) is 4.79 Å². The van der Waals surface area contributed by atoms with Crippen molar-refractivity contribution >= 4 is 24.4 Å². The standard InChI is InChI=1S/C14H18BNO4/c1-13(2)14(3,4)20-15(19-13)10-7-5-6-9-8-18-12(17)16-11(9)10/h5-7H,8H2,1-4H3,(H,16,17). The van der Waals surface area contributed by atoms with E-state index in [2.05, 4.69) is 5.32 Å². The number of nitrogens with one attached hydrogen (secondary N) is 1. The van der Waals surface area contributed by atoms with Crippen molar-refractivity contribution in [2.45, 2.75) is 45.5 Å². The predicted molar refractivity (Wildman–Crippen MR) is 76.0 cm³/mol. The van der Waals surface area contributed by atoms with Crippen molar-refractivity contribution in [3.05, 3.63) is 23.8 Å². The highest BCUT2D eigenvalue weighted by molar-refractivity contribution is 6.64. The second kappa shape index (κ2) is 4.23. The third-order valence-electron chi connectivity index (χ3n) is 4.28. The lowest BCUT2D eigenvalue weighted by Gasteiger charge is -2.32. The first-order chi connectivity index (χ1) is 9.30. The first-order valence-electron chi connectivity index (χ1n) is 6.71. The van der Waals surface area contributed by atoms with E-state index in [1.807, 2.05) is 45.9 Å². The van der Waals surface area contributed by atoms with Gasteiger partial charge in [-0.2, -0.15) is 0 Å². The normalized spacial score (nSPS) is 23.0. The monoisotopic (exact) mass is 275 g/mol. The third kappa shape index (κ3) is 1.99. The highest BCUT2D eigenvalue weighted by Crippen LogP contribution is 2.37. The quantitative estimate of drug-likeness (QED) is 0.797. The van der Waals surface area contributed by atoms with E-state index in [1.165, 1.54) is 0 Å². The summed E-state index contributed by atoms with van der Waals surface area (Å²) in [6.07, 6.45) is -0.443. The van der Waals surface area contributed by atoms with Crippen molar-refractivity contribution < 1.29 is 18.8 Å². The summed E-state index contributed by atoms with van der Waals surface area (Å²) in [7, 11) is -0.492. The van der Waals surface area contributed by atoms with Gasteiger partial charge >= 0.3 is 13.2 Å². The van der Waals surface area contributed by atoms with Crippen molar-refractivity contribution in [1.29, 1.82) is 0 Å². The van der Waals surface area contributed by atoms with E-state index in [1.54, 1.807) is 0 Å². The third-order valence-corrected chi connectivity index (χ3v) is 4.28. The first kappa shape index (κ1) is 13.5. The van der Waals surface area contributed by atoms with Crippen LogP contribution in [0.25, 0.3) is 0 Å². The second-order valence-electron chi connectivity index (χ2n) is 6.17. The molecule has 2 aliphatic heterocycles. The van der Waals surface area contributed by atoms with Crippen LogP contribution in [0.5, 0.6) is 0 Å². The molecule has 5 nitrogen and oxygen atoms in total. The molecule has 1 fully saturated rings. The maximum absolute atomic E-state index is 11.4. The average molecular weight is 275 g/mol. The molecule has 0 aromatic heterocycles. The fourth-order valence-corrected chi connectivity index (χ4v) is 2.34. The molecule has 2 aliphatic rings. The molecular formula is C14H18BNO4. The fourth-order valence-electron chi connectivity index (χ4n) is 2.34. The van der Waals surface area contributed by atoms with E-state index < -0.39 is 24.4 Å². The van der Waals surface area contributed by atoms with Crippen LogP contribution < -0.4 is 10.8 Å². The molecule has 0 aliphatic carbocycles. The highest BCUT2D eigenvalue weighted by atomic mass is 16.7. The number of ether oxygens (including phenoxy) is 1. The van der Waals surface area contributed by atoms with Gasteiger partial charge in [0.15, 0.2) is 0 Å². The van der Waals surface area contributed by atoms with Crippen LogP contribution in [-0.4, -0.2) is 24.4 Å². The summed E-state index contributed by atoms with van der Waals surface area (Å²) in [6, 6.07) is 5.75. The summed E-state index contributed by atoms with van der Waals surface area (Å²) in [5.41, 5.74) is 1.68. The topological polar surface area (TPSA) is 56.8 Å². The summed E-state index contributed by atoms with van der Waals surface area (Å²) < 4.78 is 17.0. The molecule has 1 amide bonds. The zero-order valence-corrected chi connectivity index (χ0v) is 12.1. The molecule has 6 heteroatoms. The Hall–Kier alpha value is -1.53. The molecule has 1 saturated heterocycles. The van der Waals surface area contributed by atoms with E-state index in [-0.39, 0.29) is 6.61 Å². The van der Waals surface area contributed by atoms with Crippen molar-refractivity contribution in [1.82, 2.24) is 0 Å². The fraction of sp³-hybridized carbons (Fsp3) is 0.500. The molecule has 3 rings (SSSR count). The highest BCUT2D eigenvalue weighted by Gasteiger charge is 2.52. The summed E-state index contributed by atoms with van der Waals surface area (Å²) >= 11 is 0. The number of rotatable bonds is 1. The van der Waals surface area contributed by atoms with Crippen LogP contribution in [0.2, 0.25) is 0 Å². The second-order valence-corrected chi connectivity index (χ2v) is 6.17. The molecule has 1 N–H and O–H groups in total. The number of fused-ring (bicyclic) bond motifs is 1. The van der Waals surface area contributed by atoms with Gasteiger partial charge in [0.1, 0.15) is 6.61 Å². The van der Waals surface area contributed by atoms with Crippen LogP contribution in [0.15, 0.2) is 18.2 Å². The number of para-hydroxylation sites is 1. The molecule has 0 bridgehead atoms. The summed E-state index contributed by atoms with van der Waals surface area (Å²) in [6.45, 7) is 8.29. The van der Waals surface area contributed by atoms with Crippen LogP contribution in [0.1, 0.15) is 33.3 Å². The molecule has 1 aromatic rings. The Morgan fingerprint density at radius 2 is 1.80 bits per heavy atom. The Kier molecular flexibility index (Phi) is 2.85. The minimum absolute atomic E-state index is 0.272. The van der Waals surface area contributed by atoms with Crippen LogP contribution in [0, 0.1) is 0 Å². The summed E-state index contributed by atoms with van der Waals surface area (Å²) in [5, 5.41) is 2.74. The van der Waals surface area contributed by atoms with Gasteiger partial charge in [-0.1, -0.05) is 18.2 Å². The Morgan fingerprint density at radius 1 is 1.15 bits per heavy atom. The first-order valence-corrected chi connectivity index (χ1v) is 6.71. The van der Waals surface area contributed by atoms with E-state index in [4.69, 9.17) is 14.0 Å². The van der Waals surface area contributed by atoms with Gasteiger partial charge in [0.25, 0.3) is 0 Å². The Morgan fingerprint density at radius 3 is 2.45 bits per heavy atom. The molecule has 0 spiro atoms. The van der Waals surface area contributed by atoms with Gasteiger partial charge in [-0.3, -0.25) is 5.32 Å². The van der Waals surface area contributed by atoms with Gasteiger partial charge < -0.3 is 14.0 Å². The molecule has 0 atom stereocenters. The number of hydrogen-bond donors (Lipinski definition) is 1. The number of hydrogen-bond acceptors (Lipinski definition) is 4. The number of carbonyl (C=O) groups is 1. The van der Waals surface area contributed by atoms with Gasteiger partial charge in [-0.25, -0.2) is 4.79 Å². The Balaban J connectivity index is 1.99. The van der Waals surface area contributed by atoms with Crippen LogP contribution >= 0.6 is 0 Å². The summed E-state index contributed by atoms with van der Waals surface area (Å²) in [5.74, 6) is 0. The van der Waals surface area contributed by atoms with Gasteiger partial charge in [0, 0.05) is 11.0 Å². The number of carbonyl (C=O) groups excluding carboxylic acids is 1. The van der Waals surface area contributed by atoms with Crippen molar-refractivity contribution in [2.75, 3.05) is 5.32 Å².